The highest BCUT2D eigenvalue weighted by Crippen LogP contribution is 2.62. The van der Waals surface area contributed by atoms with E-state index in [0.717, 1.165) is 24.3 Å². The molecule has 0 nitrogen and oxygen atoms in total. The van der Waals surface area contributed by atoms with Gasteiger partial charge in [0.1, 0.15) is 0 Å². The van der Waals surface area contributed by atoms with Gasteiger partial charge in [-0.2, -0.15) is 75.8 Å². The van der Waals surface area contributed by atoms with Crippen molar-refractivity contribution in [1.29, 1.82) is 0 Å². The molecular weight excluding hydrogens is 325 g/mol. The number of hydrogen-bond donors (Lipinski definition) is 6. The quantitative estimate of drug-likeness (QED) is 0.408. The SMILES string of the molecule is SCC1CC(S)C2(C(S)CC(CS)C2S)C1S. The Labute approximate surface area is 137 Å². The van der Waals surface area contributed by atoms with Crippen molar-refractivity contribution in [2.24, 2.45) is 17.3 Å². The number of thiol groups is 6. The van der Waals surface area contributed by atoms with E-state index in [9.17, 15) is 0 Å². The molecule has 2 rings (SSSR count). The average Bonchev–Trinajstić information content (AvgIpc) is 2.71. The van der Waals surface area contributed by atoms with Crippen LogP contribution in [-0.2, 0) is 0 Å². The Bertz CT molecular complexity index is 255. The maximum Gasteiger partial charge on any atom is 0.0174 e. The fourth-order valence-corrected chi connectivity index (χ4v) is 8.39. The zero-order valence-corrected chi connectivity index (χ0v) is 14.8. The van der Waals surface area contributed by atoms with Gasteiger partial charge in [0.2, 0.25) is 0 Å². The Hall–Kier alpha value is 2.10. The monoisotopic (exact) mass is 344 g/mol. The molecule has 2 fully saturated rings. The molecule has 6 unspecified atom stereocenters. The van der Waals surface area contributed by atoms with Gasteiger partial charge in [0.05, 0.1) is 0 Å². The summed E-state index contributed by atoms with van der Waals surface area (Å²) in [5.41, 5.74) is 0.0270. The zero-order chi connectivity index (χ0) is 12.8. The molecule has 17 heavy (non-hydrogen) atoms. The lowest BCUT2D eigenvalue weighted by Gasteiger charge is -2.41. The van der Waals surface area contributed by atoms with Crippen LogP contribution in [-0.4, -0.2) is 32.5 Å². The van der Waals surface area contributed by atoms with Gasteiger partial charge in [-0.1, -0.05) is 0 Å². The summed E-state index contributed by atoms with van der Waals surface area (Å²) in [5, 5.41) is 1.27. The first-order valence-corrected chi connectivity index (χ1v) is 9.27. The van der Waals surface area contributed by atoms with Gasteiger partial charge in [-0.25, -0.2) is 0 Å². The van der Waals surface area contributed by atoms with Gasteiger partial charge in [0.25, 0.3) is 0 Å². The predicted octanol–water partition coefficient (Wildman–Crippen LogP) is 3.07. The van der Waals surface area contributed by atoms with E-state index in [1.54, 1.807) is 0 Å². The minimum atomic E-state index is 0.0270. The van der Waals surface area contributed by atoms with Crippen molar-refractivity contribution in [2.75, 3.05) is 11.5 Å². The molecule has 1 spiro atoms. The highest BCUT2D eigenvalue weighted by Gasteiger charge is 2.63. The third-order valence-corrected chi connectivity index (χ3v) is 8.58. The Morgan fingerprint density at radius 3 is 1.35 bits per heavy atom. The molecule has 0 aromatic carbocycles. The first kappa shape index (κ1) is 15.5. The number of rotatable bonds is 2. The second-order valence-electron chi connectivity index (χ2n) is 5.28. The van der Waals surface area contributed by atoms with Crippen LogP contribution in [0.15, 0.2) is 0 Å². The Morgan fingerprint density at radius 1 is 0.765 bits per heavy atom. The van der Waals surface area contributed by atoms with Gasteiger partial charge in [0.15, 0.2) is 0 Å². The van der Waals surface area contributed by atoms with Gasteiger partial charge in [-0.05, 0) is 36.2 Å². The molecule has 0 amide bonds. The standard InChI is InChI=1S/C11H20S6/c12-3-5-1-7(14)11(9(5)16)8(15)2-6(4-13)10(11)17/h5-10,12-17H,1-4H2. The van der Waals surface area contributed by atoms with E-state index in [2.05, 4.69) is 25.3 Å². The molecule has 0 aromatic heterocycles. The van der Waals surface area contributed by atoms with Gasteiger partial charge >= 0.3 is 0 Å². The van der Waals surface area contributed by atoms with Crippen LogP contribution in [0.5, 0.6) is 0 Å². The van der Waals surface area contributed by atoms with Crippen LogP contribution in [0.25, 0.3) is 0 Å². The van der Waals surface area contributed by atoms with E-state index in [1.165, 1.54) is 0 Å². The molecule has 2 aliphatic carbocycles. The van der Waals surface area contributed by atoms with Crippen LogP contribution in [0, 0.1) is 17.3 Å². The molecule has 6 atom stereocenters. The fourth-order valence-electron chi connectivity index (χ4n) is 3.59. The van der Waals surface area contributed by atoms with E-state index in [-0.39, 0.29) is 5.41 Å². The van der Waals surface area contributed by atoms with Crippen LogP contribution in [0.4, 0.5) is 0 Å². The second kappa shape index (κ2) is 5.84. The van der Waals surface area contributed by atoms with E-state index >= 15 is 0 Å². The van der Waals surface area contributed by atoms with E-state index in [1.807, 2.05) is 0 Å². The summed E-state index contributed by atoms with van der Waals surface area (Å²) in [4.78, 5) is 0. The smallest absolute Gasteiger partial charge is 0.0174 e. The van der Waals surface area contributed by atoms with E-state index < -0.39 is 0 Å². The van der Waals surface area contributed by atoms with Crippen molar-refractivity contribution < 1.29 is 0 Å². The summed E-state index contributed by atoms with van der Waals surface area (Å²) in [5.74, 6) is 2.79. The summed E-state index contributed by atoms with van der Waals surface area (Å²) in [7, 11) is 0. The van der Waals surface area contributed by atoms with Crippen LogP contribution < -0.4 is 0 Å². The van der Waals surface area contributed by atoms with Crippen LogP contribution >= 0.6 is 75.8 Å². The third kappa shape index (κ3) is 2.21. The molecule has 0 radical (unpaired) electrons. The van der Waals surface area contributed by atoms with Crippen LogP contribution in [0.2, 0.25) is 0 Å². The molecule has 0 aromatic rings. The molecular formula is C11H20S6. The predicted molar refractivity (Wildman–Crippen MR) is 97.4 cm³/mol. The maximum absolute atomic E-state index is 4.89. The van der Waals surface area contributed by atoms with Crippen LogP contribution in [0.3, 0.4) is 0 Å². The largest absolute Gasteiger partial charge is 0.179 e. The van der Waals surface area contributed by atoms with Crippen molar-refractivity contribution >= 4 is 75.8 Å². The van der Waals surface area contributed by atoms with Gasteiger partial charge < -0.3 is 0 Å². The molecule has 0 saturated heterocycles. The molecule has 100 valence electrons. The average molecular weight is 345 g/mol. The van der Waals surface area contributed by atoms with Crippen LogP contribution in [0.1, 0.15) is 12.8 Å². The molecule has 0 bridgehead atoms. The summed E-state index contributed by atoms with van der Waals surface area (Å²) >= 11 is 28.3. The zero-order valence-electron chi connectivity index (χ0n) is 9.48. The lowest BCUT2D eigenvalue weighted by atomic mass is 9.81. The molecule has 0 N–H and O–H groups in total. The van der Waals surface area contributed by atoms with Crippen molar-refractivity contribution in [3.05, 3.63) is 0 Å². The van der Waals surface area contributed by atoms with Gasteiger partial charge in [-0.15, -0.1) is 0 Å². The third-order valence-electron chi connectivity index (χ3n) is 4.59. The first-order chi connectivity index (χ1) is 7.99. The van der Waals surface area contributed by atoms with E-state index in [0.29, 0.717) is 32.8 Å². The highest BCUT2D eigenvalue weighted by molar-refractivity contribution is 7.84. The van der Waals surface area contributed by atoms with Crippen molar-refractivity contribution in [2.45, 2.75) is 33.8 Å². The van der Waals surface area contributed by atoms with Gasteiger partial charge in [-0.3, -0.25) is 0 Å². The molecule has 0 heterocycles. The Morgan fingerprint density at radius 2 is 1.12 bits per heavy atom. The lowest BCUT2D eigenvalue weighted by molar-refractivity contribution is 0.332. The van der Waals surface area contributed by atoms with Crippen molar-refractivity contribution in [3.8, 4) is 0 Å². The topological polar surface area (TPSA) is 0 Å². The fraction of sp³-hybridized carbons (Fsp3) is 1.00. The van der Waals surface area contributed by atoms with Gasteiger partial charge in [0, 0.05) is 26.4 Å². The van der Waals surface area contributed by atoms with Crippen molar-refractivity contribution in [1.82, 2.24) is 0 Å². The highest BCUT2D eigenvalue weighted by atomic mass is 32.1. The van der Waals surface area contributed by atoms with E-state index in [4.69, 9.17) is 50.5 Å². The molecule has 0 aliphatic heterocycles. The Balaban J connectivity index is 2.34. The summed E-state index contributed by atoms with van der Waals surface area (Å²) in [6, 6.07) is 0. The maximum atomic E-state index is 4.89. The summed E-state index contributed by atoms with van der Waals surface area (Å²) in [6.07, 6.45) is 2.16. The lowest BCUT2D eigenvalue weighted by Crippen LogP contribution is -2.47. The minimum Gasteiger partial charge on any atom is -0.179 e. The molecule has 6 heteroatoms. The Kier molecular flexibility index (Phi) is 5.32. The summed E-state index contributed by atoms with van der Waals surface area (Å²) < 4.78 is 0. The molecule has 2 aliphatic rings. The normalized spacial score (nSPS) is 54.7. The minimum absolute atomic E-state index is 0.0270. The second-order valence-corrected chi connectivity index (χ2v) is 8.37. The summed E-state index contributed by atoms with van der Waals surface area (Å²) in [6.45, 7) is 0. The van der Waals surface area contributed by atoms with Crippen molar-refractivity contribution in [3.63, 3.8) is 0 Å². The molecule has 2 saturated carbocycles. The number of hydrogen-bond acceptors (Lipinski definition) is 6. The first-order valence-electron chi connectivity index (χ1n) is 5.94.